The molecule has 2 aliphatic heterocycles. The number of ether oxygens (including phenoxy) is 1. The maximum Gasteiger partial charge on any atom is 0.317 e. The van der Waals surface area contributed by atoms with Crippen molar-refractivity contribution in [2.24, 2.45) is 5.92 Å². The molecule has 3 unspecified atom stereocenters. The summed E-state index contributed by atoms with van der Waals surface area (Å²) in [5.41, 5.74) is 0. The van der Waals surface area contributed by atoms with E-state index >= 15 is 0 Å². The van der Waals surface area contributed by atoms with Gasteiger partial charge in [-0.15, -0.1) is 0 Å². The summed E-state index contributed by atoms with van der Waals surface area (Å²) in [4.78, 5) is 14.0. The van der Waals surface area contributed by atoms with Crippen molar-refractivity contribution < 1.29 is 9.53 Å². The molecule has 98 valence electrons. The molecule has 4 heteroatoms. The number of hydrogen-bond acceptors (Lipinski definition) is 2. The first-order chi connectivity index (χ1) is 8.16. The molecule has 0 spiro atoms. The lowest BCUT2D eigenvalue weighted by Crippen LogP contribution is -2.50. The fraction of sp³-hybridized carbons (Fsp3) is 0.923. The lowest BCUT2D eigenvalue weighted by atomic mass is 10.0. The van der Waals surface area contributed by atoms with Crippen LogP contribution in [-0.2, 0) is 4.74 Å². The van der Waals surface area contributed by atoms with Crippen molar-refractivity contribution in [2.45, 2.75) is 51.7 Å². The molecule has 2 rings (SSSR count). The van der Waals surface area contributed by atoms with Gasteiger partial charge in [-0.3, -0.25) is 0 Å². The third kappa shape index (κ3) is 3.35. The van der Waals surface area contributed by atoms with E-state index in [1.165, 1.54) is 6.42 Å². The van der Waals surface area contributed by atoms with Gasteiger partial charge in [0.05, 0.1) is 12.1 Å². The van der Waals surface area contributed by atoms with Crippen molar-refractivity contribution in [2.75, 3.05) is 19.7 Å². The van der Waals surface area contributed by atoms with E-state index in [2.05, 4.69) is 12.2 Å². The summed E-state index contributed by atoms with van der Waals surface area (Å²) in [5.74, 6) is 0.632. The summed E-state index contributed by atoms with van der Waals surface area (Å²) in [6.45, 7) is 6.88. The van der Waals surface area contributed by atoms with E-state index in [1.807, 2.05) is 11.8 Å². The van der Waals surface area contributed by atoms with Gasteiger partial charge in [-0.05, 0) is 38.5 Å². The molecule has 1 N–H and O–H groups in total. The van der Waals surface area contributed by atoms with Crippen molar-refractivity contribution in [3.05, 3.63) is 0 Å². The fourth-order valence-corrected chi connectivity index (χ4v) is 2.75. The predicted octanol–water partition coefficient (Wildman–Crippen LogP) is 2.00. The molecule has 2 saturated heterocycles. The Kier molecular flexibility index (Phi) is 4.26. The lowest BCUT2D eigenvalue weighted by molar-refractivity contribution is 0.0818. The van der Waals surface area contributed by atoms with E-state index in [9.17, 15) is 4.79 Å². The normalized spacial score (nSPS) is 31.3. The number of carbonyl (C=O) groups is 1. The third-order valence-electron chi connectivity index (χ3n) is 3.82. The Balaban J connectivity index is 1.79. The van der Waals surface area contributed by atoms with Crippen LogP contribution in [0.5, 0.6) is 0 Å². The number of piperidine rings is 1. The van der Waals surface area contributed by atoms with Gasteiger partial charge in [0.25, 0.3) is 0 Å². The van der Waals surface area contributed by atoms with E-state index < -0.39 is 0 Å². The van der Waals surface area contributed by atoms with E-state index in [4.69, 9.17) is 4.74 Å². The number of urea groups is 1. The van der Waals surface area contributed by atoms with Crippen LogP contribution in [0.15, 0.2) is 0 Å². The third-order valence-corrected chi connectivity index (χ3v) is 3.82. The predicted molar refractivity (Wildman–Crippen MR) is 66.9 cm³/mol. The van der Waals surface area contributed by atoms with Gasteiger partial charge in [0.1, 0.15) is 0 Å². The zero-order valence-corrected chi connectivity index (χ0v) is 10.9. The maximum atomic E-state index is 12.1. The van der Waals surface area contributed by atoms with Crippen molar-refractivity contribution in [3.63, 3.8) is 0 Å². The average molecular weight is 240 g/mol. The molecular weight excluding hydrogens is 216 g/mol. The second-order valence-electron chi connectivity index (χ2n) is 5.48. The van der Waals surface area contributed by atoms with Gasteiger partial charge < -0.3 is 15.0 Å². The number of nitrogens with one attached hydrogen (secondary N) is 1. The molecule has 2 heterocycles. The Bertz CT molecular complexity index is 264. The number of hydrogen-bond donors (Lipinski definition) is 1. The van der Waals surface area contributed by atoms with E-state index in [0.717, 1.165) is 39.0 Å². The number of amides is 2. The van der Waals surface area contributed by atoms with Crippen LogP contribution in [0.1, 0.15) is 39.5 Å². The number of rotatable bonds is 2. The fourth-order valence-electron chi connectivity index (χ4n) is 2.75. The molecule has 2 aliphatic rings. The first-order valence-electron chi connectivity index (χ1n) is 6.84. The smallest absolute Gasteiger partial charge is 0.317 e. The Hall–Kier alpha value is -0.770. The standard InChI is InChI=1S/C13H24N2O2/c1-10-5-3-7-15(9-10)13(16)14-11(2)12-6-4-8-17-12/h10-12H,3-9H2,1-2H3,(H,14,16). The molecular formula is C13H24N2O2. The lowest BCUT2D eigenvalue weighted by Gasteiger charge is -2.32. The van der Waals surface area contributed by atoms with Gasteiger partial charge in [0.2, 0.25) is 0 Å². The minimum Gasteiger partial charge on any atom is -0.376 e. The van der Waals surface area contributed by atoms with Gasteiger partial charge in [-0.25, -0.2) is 4.79 Å². The highest BCUT2D eigenvalue weighted by atomic mass is 16.5. The highest BCUT2D eigenvalue weighted by Crippen LogP contribution is 2.17. The maximum absolute atomic E-state index is 12.1. The van der Waals surface area contributed by atoms with Gasteiger partial charge in [0.15, 0.2) is 0 Å². The number of likely N-dealkylation sites (tertiary alicyclic amines) is 1. The van der Waals surface area contributed by atoms with Crippen molar-refractivity contribution >= 4 is 6.03 Å². The minimum atomic E-state index is 0.0829. The molecule has 0 aromatic rings. The molecule has 0 aromatic carbocycles. The van der Waals surface area contributed by atoms with Crippen LogP contribution < -0.4 is 5.32 Å². The quantitative estimate of drug-likeness (QED) is 0.802. The summed E-state index contributed by atoms with van der Waals surface area (Å²) in [7, 11) is 0. The summed E-state index contributed by atoms with van der Waals surface area (Å²) >= 11 is 0. The molecule has 17 heavy (non-hydrogen) atoms. The van der Waals surface area contributed by atoms with Crippen molar-refractivity contribution in [3.8, 4) is 0 Å². The highest BCUT2D eigenvalue weighted by Gasteiger charge is 2.26. The van der Waals surface area contributed by atoms with Gasteiger partial charge in [0, 0.05) is 19.7 Å². The second-order valence-corrected chi connectivity index (χ2v) is 5.48. The molecule has 2 amide bonds. The van der Waals surface area contributed by atoms with Crippen LogP contribution in [0, 0.1) is 5.92 Å². The second kappa shape index (κ2) is 5.71. The zero-order chi connectivity index (χ0) is 12.3. The molecule has 0 saturated carbocycles. The molecule has 3 atom stereocenters. The Morgan fingerprint density at radius 3 is 2.88 bits per heavy atom. The molecule has 0 aromatic heterocycles. The Morgan fingerprint density at radius 2 is 2.24 bits per heavy atom. The minimum absolute atomic E-state index is 0.0829. The molecule has 4 nitrogen and oxygen atoms in total. The highest BCUT2D eigenvalue weighted by molar-refractivity contribution is 5.74. The van der Waals surface area contributed by atoms with Gasteiger partial charge in [-0.2, -0.15) is 0 Å². The number of carbonyl (C=O) groups excluding carboxylic acids is 1. The summed E-state index contributed by atoms with van der Waals surface area (Å²) in [5, 5.41) is 3.07. The van der Waals surface area contributed by atoms with Gasteiger partial charge in [-0.1, -0.05) is 6.92 Å². The van der Waals surface area contributed by atoms with E-state index in [0.29, 0.717) is 5.92 Å². The van der Waals surface area contributed by atoms with Gasteiger partial charge >= 0.3 is 6.03 Å². The Labute approximate surface area is 104 Å². The van der Waals surface area contributed by atoms with Crippen LogP contribution >= 0.6 is 0 Å². The zero-order valence-electron chi connectivity index (χ0n) is 10.9. The summed E-state index contributed by atoms with van der Waals surface area (Å²) in [6.07, 6.45) is 4.76. The largest absolute Gasteiger partial charge is 0.376 e. The van der Waals surface area contributed by atoms with E-state index in [-0.39, 0.29) is 18.2 Å². The monoisotopic (exact) mass is 240 g/mol. The average Bonchev–Trinajstić information content (AvgIpc) is 2.82. The van der Waals surface area contributed by atoms with Crippen LogP contribution in [0.4, 0.5) is 4.79 Å². The summed E-state index contributed by atoms with van der Waals surface area (Å²) in [6, 6.07) is 0.210. The first kappa shape index (κ1) is 12.7. The molecule has 2 fully saturated rings. The van der Waals surface area contributed by atoms with Crippen molar-refractivity contribution in [1.29, 1.82) is 0 Å². The topological polar surface area (TPSA) is 41.6 Å². The van der Waals surface area contributed by atoms with E-state index in [1.54, 1.807) is 0 Å². The first-order valence-corrected chi connectivity index (χ1v) is 6.84. The van der Waals surface area contributed by atoms with Crippen LogP contribution in [-0.4, -0.2) is 42.8 Å². The summed E-state index contributed by atoms with van der Waals surface area (Å²) < 4.78 is 5.59. The molecule has 0 bridgehead atoms. The van der Waals surface area contributed by atoms with Crippen LogP contribution in [0.25, 0.3) is 0 Å². The van der Waals surface area contributed by atoms with Crippen LogP contribution in [0.3, 0.4) is 0 Å². The van der Waals surface area contributed by atoms with Crippen LogP contribution in [0.2, 0.25) is 0 Å². The molecule has 0 aliphatic carbocycles. The number of nitrogens with zero attached hydrogens (tertiary/aromatic N) is 1. The Morgan fingerprint density at radius 1 is 1.41 bits per heavy atom. The van der Waals surface area contributed by atoms with Crippen molar-refractivity contribution in [1.82, 2.24) is 10.2 Å². The SMILES string of the molecule is CC1CCCN(C(=O)NC(C)C2CCCO2)C1. The molecule has 0 radical (unpaired) electrons.